The molecule has 22 heavy (non-hydrogen) atoms. The van der Waals surface area contributed by atoms with Gasteiger partial charge in [0.2, 0.25) is 0 Å². The molecule has 6 heteroatoms. The molecule has 0 saturated heterocycles. The van der Waals surface area contributed by atoms with E-state index in [-0.39, 0.29) is 0 Å². The molecule has 116 valence electrons. The molecule has 2 amide bonds. The Bertz CT molecular complexity index is 651. The van der Waals surface area contributed by atoms with Crippen LogP contribution in [0.2, 0.25) is 0 Å². The number of carbonyl (C=O) groups excluding carboxylic acids is 1. The number of hydrogen-bond acceptors (Lipinski definition) is 3. The van der Waals surface area contributed by atoms with E-state index in [4.69, 9.17) is 5.11 Å². The van der Waals surface area contributed by atoms with Crippen molar-refractivity contribution < 1.29 is 19.4 Å². The van der Waals surface area contributed by atoms with Crippen molar-refractivity contribution >= 4 is 17.9 Å². The van der Waals surface area contributed by atoms with Crippen LogP contribution < -0.4 is 10.6 Å². The summed E-state index contributed by atoms with van der Waals surface area (Å²) in [5, 5.41) is 13.9. The Morgan fingerprint density at radius 1 is 1.27 bits per heavy atom. The fourth-order valence-electron chi connectivity index (χ4n) is 2.55. The zero-order valence-electron chi connectivity index (χ0n) is 12.4. The summed E-state index contributed by atoms with van der Waals surface area (Å²) < 4.78 is 4.63. The molecular weight excluding hydrogens is 284 g/mol. The Balaban J connectivity index is 2.31. The minimum atomic E-state index is -1.09. The first-order valence-electron chi connectivity index (χ1n) is 6.77. The molecule has 1 aromatic carbocycles. The largest absolute Gasteiger partial charge is 0.465 e. The highest BCUT2D eigenvalue weighted by molar-refractivity contribution is 5.86. The quantitative estimate of drug-likeness (QED) is 0.800. The van der Waals surface area contributed by atoms with Crippen LogP contribution in [0.1, 0.15) is 18.9 Å². The number of carboxylic acid groups (broad SMARTS) is 1. The average Bonchev–Trinajstić information content (AvgIpc) is 2.47. The van der Waals surface area contributed by atoms with Crippen molar-refractivity contribution in [3.63, 3.8) is 0 Å². The van der Waals surface area contributed by atoms with Gasteiger partial charge in [-0.3, -0.25) is 10.6 Å². The average molecular weight is 302 g/mol. The molecule has 0 spiro atoms. The molecule has 0 aliphatic heterocycles. The van der Waals surface area contributed by atoms with Gasteiger partial charge < -0.3 is 9.84 Å². The van der Waals surface area contributed by atoms with E-state index in [0.29, 0.717) is 17.8 Å². The van der Waals surface area contributed by atoms with Crippen LogP contribution in [0.4, 0.5) is 15.3 Å². The first kappa shape index (κ1) is 15.6. The normalized spacial score (nSPS) is 20.0. The molecule has 0 saturated carbocycles. The molecule has 0 radical (unpaired) electrons. The second-order valence-electron chi connectivity index (χ2n) is 5.24. The zero-order valence-corrected chi connectivity index (χ0v) is 12.4. The molecule has 1 atom stereocenters. The second-order valence-corrected chi connectivity index (χ2v) is 5.24. The fourth-order valence-corrected chi connectivity index (χ4v) is 2.55. The van der Waals surface area contributed by atoms with Crippen LogP contribution in [-0.2, 0) is 10.2 Å². The summed E-state index contributed by atoms with van der Waals surface area (Å²) in [6.07, 6.45) is 4.36. The standard InChI is InChI=1S/C16H18N2O4/c1-16(9-5-6-11(10-16)17-14(19)20)12-7-3-4-8-13(12)18-15(21)22-2/h3-9,17H,10H2,1-2H3,(H,18,21)(H,19,20). The van der Waals surface area contributed by atoms with Gasteiger partial charge in [0, 0.05) is 23.2 Å². The van der Waals surface area contributed by atoms with Gasteiger partial charge in [0.15, 0.2) is 0 Å². The van der Waals surface area contributed by atoms with E-state index in [0.717, 1.165) is 5.56 Å². The fraction of sp³-hybridized carbons (Fsp3) is 0.250. The van der Waals surface area contributed by atoms with E-state index in [2.05, 4.69) is 15.4 Å². The number of para-hydroxylation sites is 1. The third-order valence-electron chi connectivity index (χ3n) is 3.55. The van der Waals surface area contributed by atoms with Crippen LogP contribution >= 0.6 is 0 Å². The molecule has 1 aliphatic rings. The third kappa shape index (κ3) is 3.46. The van der Waals surface area contributed by atoms with Crippen LogP contribution in [0.5, 0.6) is 0 Å². The summed E-state index contributed by atoms with van der Waals surface area (Å²) in [7, 11) is 1.30. The topological polar surface area (TPSA) is 87.7 Å². The molecule has 0 heterocycles. The van der Waals surface area contributed by atoms with Gasteiger partial charge in [0.25, 0.3) is 0 Å². The molecule has 1 unspecified atom stereocenters. The summed E-state index contributed by atoms with van der Waals surface area (Å²) in [6, 6.07) is 7.38. The molecule has 0 bridgehead atoms. The number of ether oxygens (including phenoxy) is 1. The Morgan fingerprint density at radius 3 is 2.68 bits per heavy atom. The first-order valence-corrected chi connectivity index (χ1v) is 6.77. The summed E-state index contributed by atoms with van der Waals surface area (Å²) in [6.45, 7) is 1.98. The summed E-state index contributed by atoms with van der Waals surface area (Å²) in [5.74, 6) is 0. The van der Waals surface area contributed by atoms with Crippen LogP contribution in [-0.4, -0.2) is 24.4 Å². The van der Waals surface area contributed by atoms with Crippen molar-refractivity contribution in [2.24, 2.45) is 0 Å². The number of anilines is 1. The van der Waals surface area contributed by atoms with Crippen LogP contribution in [0, 0.1) is 0 Å². The zero-order chi connectivity index (χ0) is 16.2. The van der Waals surface area contributed by atoms with E-state index in [9.17, 15) is 9.59 Å². The summed E-state index contributed by atoms with van der Waals surface area (Å²) in [4.78, 5) is 22.3. The van der Waals surface area contributed by atoms with Crippen molar-refractivity contribution in [3.05, 3.63) is 53.8 Å². The SMILES string of the molecule is COC(=O)Nc1ccccc1C1(C)C=CC=C(NC(=O)O)C1. The predicted octanol–water partition coefficient (Wildman–Crippen LogP) is 3.23. The lowest BCUT2D eigenvalue weighted by molar-refractivity contribution is 0.187. The molecule has 0 fully saturated rings. The predicted molar refractivity (Wildman–Crippen MR) is 82.8 cm³/mol. The molecular formula is C16H18N2O4. The monoisotopic (exact) mass is 302 g/mol. The number of benzene rings is 1. The smallest absolute Gasteiger partial charge is 0.411 e. The summed E-state index contributed by atoms with van der Waals surface area (Å²) >= 11 is 0. The van der Waals surface area contributed by atoms with Gasteiger partial charge >= 0.3 is 12.2 Å². The van der Waals surface area contributed by atoms with Gasteiger partial charge in [-0.2, -0.15) is 0 Å². The number of hydrogen-bond donors (Lipinski definition) is 3. The lowest BCUT2D eigenvalue weighted by Crippen LogP contribution is -2.30. The number of carbonyl (C=O) groups is 2. The van der Waals surface area contributed by atoms with Gasteiger partial charge in [-0.25, -0.2) is 9.59 Å². The maximum Gasteiger partial charge on any atom is 0.411 e. The Labute approximate surface area is 128 Å². The summed E-state index contributed by atoms with van der Waals surface area (Å²) in [5.41, 5.74) is 1.68. The van der Waals surface area contributed by atoms with Crippen molar-refractivity contribution in [2.75, 3.05) is 12.4 Å². The van der Waals surface area contributed by atoms with Crippen LogP contribution in [0.3, 0.4) is 0 Å². The van der Waals surface area contributed by atoms with E-state index in [1.807, 2.05) is 37.3 Å². The Kier molecular flexibility index (Phi) is 4.50. The maximum absolute atomic E-state index is 11.5. The van der Waals surface area contributed by atoms with Crippen molar-refractivity contribution in [1.82, 2.24) is 5.32 Å². The van der Waals surface area contributed by atoms with E-state index >= 15 is 0 Å². The Morgan fingerprint density at radius 2 is 2.00 bits per heavy atom. The lowest BCUT2D eigenvalue weighted by Gasteiger charge is -2.31. The number of allylic oxidation sites excluding steroid dienone is 4. The number of methoxy groups -OCH3 is 1. The first-order chi connectivity index (χ1) is 10.4. The number of amides is 2. The van der Waals surface area contributed by atoms with Crippen molar-refractivity contribution in [2.45, 2.75) is 18.8 Å². The van der Waals surface area contributed by atoms with Gasteiger partial charge in [-0.1, -0.05) is 37.3 Å². The van der Waals surface area contributed by atoms with Crippen LogP contribution in [0.15, 0.2) is 48.2 Å². The van der Waals surface area contributed by atoms with Crippen LogP contribution in [0.25, 0.3) is 0 Å². The molecule has 1 aromatic rings. The highest BCUT2D eigenvalue weighted by Gasteiger charge is 2.30. The van der Waals surface area contributed by atoms with Gasteiger partial charge in [-0.05, 0) is 17.7 Å². The second kappa shape index (κ2) is 6.34. The molecule has 1 aliphatic carbocycles. The van der Waals surface area contributed by atoms with Gasteiger partial charge in [0.05, 0.1) is 7.11 Å². The Hall–Kier alpha value is -2.76. The minimum absolute atomic E-state index is 0.440. The van der Waals surface area contributed by atoms with E-state index < -0.39 is 17.6 Å². The van der Waals surface area contributed by atoms with E-state index in [1.165, 1.54) is 7.11 Å². The molecule has 3 N–H and O–H groups in total. The number of nitrogens with one attached hydrogen (secondary N) is 2. The van der Waals surface area contributed by atoms with E-state index in [1.54, 1.807) is 12.1 Å². The third-order valence-corrected chi connectivity index (χ3v) is 3.55. The van der Waals surface area contributed by atoms with Gasteiger partial charge in [0.1, 0.15) is 0 Å². The maximum atomic E-state index is 11.5. The molecule has 0 aromatic heterocycles. The molecule has 2 rings (SSSR count). The van der Waals surface area contributed by atoms with Crippen molar-refractivity contribution in [1.29, 1.82) is 0 Å². The van der Waals surface area contributed by atoms with Gasteiger partial charge in [-0.15, -0.1) is 0 Å². The molecule has 6 nitrogen and oxygen atoms in total. The number of rotatable bonds is 3. The lowest BCUT2D eigenvalue weighted by atomic mass is 9.75. The minimum Gasteiger partial charge on any atom is -0.465 e. The highest BCUT2D eigenvalue weighted by atomic mass is 16.5. The highest BCUT2D eigenvalue weighted by Crippen LogP contribution is 2.38. The van der Waals surface area contributed by atoms with Crippen molar-refractivity contribution in [3.8, 4) is 0 Å².